The molecule has 3 N–H and O–H groups in total. The van der Waals surface area contributed by atoms with Crippen LogP contribution in [0.1, 0.15) is 33.2 Å². The van der Waals surface area contributed by atoms with E-state index < -0.39 is 22.3 Å². The highest BCUT2D eigenvalue weighted by molar-refractivity contribution is 7.12. The molecule has 0 saturated heterocycles. The Morgan fingerprint density at radius 2 is 2.10 bits per heavy atom. The molecule has 9 nitrogen and oxygen atoms in total. The monoisotopic (exact) mass is 587 g/mol. The van der Waals surface area contributed by atoms with Crippen molar-refractivity contribution in [3.05, 3.63) is 86.4 Å². The second kappa shape index (κ2) is 9.45. The van der Waals surface area contributed by atoms with Gasteiger partial charge in [-0.3, -0.25) is 4.84 Å². The molecule has 4 aromatic heterocycles. The third-order valence-corrected chi connectivity index (χ3v) is 8.13. The van der Waals surface area contributed by atoms with Crippen LogP contribution in [0, 0.1) is 5.82 Å². The molecule has 1 atom stereocenters. The van der Waals surface area contributed by atoms with Gasteiger partial charge in [-0.1, -0.05) is 23.2 Å². The van der Waals surface area contributed by atoms with Crippen LogP contribution in [0.5, 0.6) is 0 Å². The van der Waals surface area contributed by atoms with Gasteiger partial charge in [0.25, 0.3) is 5.69 Å². The maximum atomic E-state index is 14.8. The Labute approximate surface area is 234 Å². The summed E-state index contributed by atoms with van der Waals surface area (Å²) in [5.41, 5.74) is 1.79. The number of nitrogens with zero attached hydrogens (tertiary/aromatic N) is 3. The van der Waals surface area contributed by atoms with Crippen molar-refractivity contribution in [3.63, 3.8) is 0 Å². The lowest BCUT2D eigenvalue weighted by molar-refractivity contribution is -0.893. The highest BCUT2D eigenvalue weighted by Gasteiger charge is 2.51. The molecule has 39 heavy (non-hydrogen) atoms. The predicted molar refractivity (Wildman–Crippen MR) is 140 cm³/mol. The summed E-state index contributed by atoms with van der Waals surface area (Å²) in [5.74, 6) is -1.69. The lowest BCUT2D eigenvalue weighted by atomic mass is 9.96. The first kappa shape index (κ1) is 25.5. The number of carboxylic acids is 1. The van der Waals surface area contributed by atoms with Crippen molar-refractivity contribution >= 4 is 40.5 Å². The van der Waals surface area contributed by atoms with E-state index in [2.05, 4.69) is 15.0 Å². The van der Waals surface area contributed by atoms with Gasteiger partial charge in [0, 0.05) is 31.8 Å². The van der Waals surface area contributed by atoms with E-state index in [4.69, 9.17) is 32.5 Å². The number of nitrogens with one attached hydrogen (secondary N) is 1. The second-order valence-electron chi connectivity index (χ2n) is 8.87. The number of fused-ring (bicyclic) bond motifs is 1. The van der Waals surface area contributed by atoms with E-state index in [1.165, 1.54) is 23.6 Å². The molecule has 4 heterocycles. The van der Waals surface area contributed by atoms with Crippen molar-refractivity contribution in [3.8, 4) is 33.7 Å². The molecule has 0 spiro atoms. The Kier molecular flexibility index (Phi) is 6.18. The number of benzene rings is 1. The molecule has 0 radical (unpaired) electrons. The number of aromatic amines is 1. The van der Waals surface area contributed by atoms with Crippen molar-refractivity contribution in [1.82, 2.24) is 15.0 Å². The van der Waals surface area contributed by atoms with Gasteiger partial charge in [0.05, 0.1) is 17.3 Å². The van der Waals surface area contributed by atoms with Crippen molar-refractivity contribution in [2.45, 2.75) is 18.4 Å². The van der Waals surface area contributed by atoms with Crippen LogP contribution in [0.2, 0.25) is 10.2 Å². The Hall–Kier alpha value is -3.77. The number of aliphatic hydroxyl groups is 1. The molecule has 0 amide bonds. The van der Waals surface area contributed by atoms with Gasteiger partial charge in [-0.05, 0) is 37.1 Å². The normalized spacial score (nSPS) is 16.4. The number of rotatable bonds is 6. The molecule has 0 aliphatic heterocycles. The molecule has 198 valence electrons. The van der Waals surface area contributed by atoms with Gasteiger partial charge in [-0.25, -0.2) is 19.2 Å². The maximum absolute atomic E-state index is 14.8. The average molecular weight is 588 g/mol. The summed E-state index contributed by atoms with van der Waals surface area (Å²) < 4.78 is 21.7. The van der Waals surface area contributed by atoms with Crippen LogP contribution in [0.3, 0.4) is 0 Å². The predicted octanol–water partition coefficient (Wildman–Crippen LogP) is 5.13. The number of aromatic nitrogens is 4. The minimum atomic E-state index is -1.66. The Morgan fingerprint density at radius 3 is 2.79 bits per heavy atom. The molecule has 1 aromatic carbocycles. The highest BCUT2D eigenvalue weighted by Crippen LogP contribution is 2.43. The Balaban J connectivity index is 1.46. The van der Waals surface area contributed by atoms with E-state index in [1.807, 2.05) is 18.2 Å². The summed E-state index contributed by atoms with van der Waals surface area (Å²) in [4.78, 5) is 27.8. The molecule has 0 fully saturated rings. The largest absolute Gasteiger partial charge is 0.477 e. The van der Waals surface area contributed by atoms with Gasteiger partial charge < -0.3 is 19.6 Å². The number of H-pyrrole nitrogens is 1. The average Bonchev–Trinajstić information content (AvgIpc) is 3.71. The molecule has 1 aliphatic rings. The van der Waals surface area contributed by atoms with E-state index >= 15 is 0 Å². The minimum absolute atomic E-state index is 0.00556. The summed E-state index contributed by atoms with van der Waals surface area (Å²) in [6.07, 6.45) is 5.36. The smallest absolute Gasteiger partial charge is 0.348 e. The standard InChI is InChI=1S/C26H17Cl2FN4O5S/c1-37-33-9-13(16-7-14(27)2-3-15(16)18-8-30-11-38-18)6-12-4-5-26(36,22(12)33)25-31-20(23(28)32-25)17-10-39-21(19(17)29)24(34)35/h2-3,6-11,36H,4-5H2,1H3,(H-,31,32,34,35)/p+1. The fraction of sp³-hybridized carbons (Fsp3) is 0.154. The van der Waals surface area contributed by atoms with E-state index in [0.29, 0.717) is 22.9 Å². The fourth-order valence-corrected chi connectivity index (χ4v) is 6.08. The topological polar surface area (TPSA) is 125 Å². The van der Waals surface area contributed by atoms with Crippen molar-refractivity contribution in [2.24, 2.45) is 0 Å². The summed E-state index contributed by atoms with van der Waals surface area (Å²) in [6, 6.07) is 7.33. The Morgan fingerprint density at radius 1 is 1.28 bits per heavy atom. The summed E-state index contributed by atoms with van der Waals surface area (Å²) in [5, 5.41) is 22.9. The number of hydrogen-bond acceptors (Lipinski definition) is 7. The number of halogens is 3. The van der Waals surface area contributed by atoms with Crippen LogP contribution in [-0.2, 0) is 12.0 Å². The first-order chi connectivity index (χ1) is 18.7. The molecule has 5 aromatic rings. The van der Waals surface area contributed by atoms with E-state index in [0.717, 1.165) is 33.6 Å². The van der Waals surface area contributed by atoms with Crippen LogP contribution < -0.4 is 9.57 Å². The number of aromatic carboxylic acids is 1. The van der Waals surface area contributed by atoms with Gasteiger partial charge in [-0.15, -0.1) is 11.3 Å². The number of carbonyl (C=O) groups is 1. The zero-order valence-electron chi connectivity index (χ0n) is 20.0. The molecule has 0 bridgehead atoms. The molecule has 6 rings (SSSR count). The second-order valence-corrected chi connectivity index (χ2v) is 10.6. The molecule has 1 unspecified atom stereocenters. The first-order valence-corrected chi connectivity index (χ1v) is 13.2. The molecule has 1 aliphatic carbocycles. The van der Waals surface area contributed by atoms with Crippen LogP contribution in [0.25, 0.3) is 33.7 Å². The van der Waals surface area contributed by atoms with Crippen LogP contribution >= 0.6 is 34.5 Å². The quantitative estimate of drug-likeness (QED) is 0.235. The minimum Gasteiger partial charge on any atom is -0.477 e. The number of thiophene rings is 1. The molecular weight excluding hydrogens is 570 g/mol. The fourth-order valence-electron chi connectivity index (χ4n) is 4.91. The van der Waals surface area contributed by atoms with Gasteiger partial charge in [0.15, 0.2) is 23.8 Å². The first-order valence-electron chi connectivity index (χ1n) is 11.5. The number of hydrogen-bond donors (Lipinski definition) is 3. The highest BCUT2D eigenvalue weighted by atomic mass is 35.5. The van der Waals surface area contributed by atoms with Crippen LogP contribution in [-0.4, -0.2) is 38.2 Å². The summed E-state index contributed by atoms with van der Waals surface area (Å²) >= 11 is 13.4. The third kappa shape index (κ3) is 4.09. The SMILES string of the molecule is CO[n+]1cc(-c2cc(Cl)ccc2-c2cnco2)cc2c1C(O)(c1nc(-c3csc(C(=O)O)c3F)c(Cl)[nH]1)CC2. The third-order valence-electron chi connectivity index (χ3n) is 6.68. The van der Waals surface area contributed by atoms with Gasteiger partial charge >= 0.3 is 5.97 Å². The van der Waals surface area contributed by atoms with E-state index in [1.54, 1.807) is 18.5 Å². The summed E-state index contributed by atoms with van der Waals surface area (Å²) in [6.45, 7) is 0. The van der Waals surface area contributed by atoms with Gasteiger partial charge in [0.1, 0.15) is 22.8 Å². The Bertz CT molecular complexity index is 1750. The van der Waals surface area contributed by atoms with E-state index in [9.17, 15) is 19.4 Å². The van der Waals surface area contributed by atoms with Crippen LogP contribution in [0.15, 0.2) is 52.9 Å². The maximum Gasteiger partial charge on any atom is 0.348 e. The zero-order chi connectivity index (χ0) is 27.5. The van der Waals surface area contributed by atoms with Crippen molar-refractivity contribution in [2.75, 3.05) is 7.11 Å². The molecule has 13 heteroatoms. The number of carboxylic acid groups (broad SMARTS) is 1. The lowest BCUT2D eigenvalue weighted by Gasteiger charge is -2.18. The van der Waals surface area contributed by atoms with Crippen molar-refractivity contribution in [1.29, 1.82) is 0 Å². The zero-order valence-corrected chi connectivity index (χ0v) is 22.4. The summed E-state index contributed by atoms with van der Waals surface area (Å²) in [7, 11) is 1.47. The number of aryl methyl sites for hydroxylation is 1. The number of pyridine rings is 1. The molecule has 0 saturated carbocycles. The number of imidazole rings is 1. The van der Waals surface area contributed by atoms with Crippen molar-refractivity contribution < 1.29 is 33.4 Å². The van der Waals surface area contributed by atoms with E-state index in [-0.39, 0.29) is 28.7 Å². The molecular formula is C26H18Cl2FN4O5S+. The van der Waals surface area contributed by atoms with Gasteiger partial charge in [0.2, 0.25) is 11.8 Å². The number of oxazole rings is 1. The lowest BCUT2D eigenvalue weighted by Crippen LogP contribution is -2.50. The van der Waals surface area contributed by atoms with Crippen LogP contribution in [0.4, 0.5) is 4.39 Å². The van der Waals surface area contributed by atoms with Gasteiger partial charge in [-0.2, -0.15) is 0 Å².